The molecule has 2 unspecified atom stereocenters. The zero-order valence-corrected chi connectivity index (χ0v) is 11.0. The first-order valence-electron chi connectivity index (χ1n) is 6.50. The van der Waals surface area contributed by atoms with E-state index < -0.39 is 0 Å². The van der Waals surface area contributed by atoms with Crippen LogP contribution in [-0.2, 0) is 0 Å². The summed E-state index contributed by atoms with van der Waals surface area (Å²) in [6, 6.07) is 4.33. The number of hydrogen-bond donors (Lipinski definition) is 1. The van der Waals surface area contributed by atoms with E-state index in [1.165, 1.54) is 25.7 Å². The van der Waals surface area contributed by atoms with Crippen LogP contribution in [0.1, 0.15) is 25.7 Å². The minimum atomic E-state index is 0.453. The van der Waals surface area contributed by atoms with E-state index in [1.807, 2.05) is 18.3 Å². The van der Waals surface area contributed by atoms with Crippen LogP contribution in [0.3, 0.4) is 0 Å². The molecule has 0 radical (unpaired) electrons. The maximum atomic E-state index is 6.04. The zero-order valence-electron chi connectivity index (χ0n) is 10.2. The third-order valence-electron chi connectivity index (χ3n) is 3.70. The van der Waals surface area contributed by atoms with E-state index in [4.69, 9.17) is 11.6 Å². The molecule has 5 heteroatoms. The average Bonchev–Trinajstić information content (AvgIpc) is 2.87. The van der Waals surface area contributed by atoms with Crippen LogP contribution in [0.2, 0.25) is 0 Å². The first-order valence-corrected chi connectivity index (χ1v) is 7.03. The van der Waals surface area contributed by atoms with Gasteiger partial charge in [0.05, 0.1) is 6.20 Å². The number of halogens is 1. The summed E-state index contributed by atoms with van der Waals surface area (Å²) in [5.41, 5.74) is 0.873. The van der Waals surface area contributed by atoms with Crippen molar-refractivity contribution in [2.24, 2.45) is 5.92 Å². The van der Waals surface area contributed by atoms with E-state index in [0.29, 0.717) is 12.0 Å². The van der Waals surface area contributed by atoms with Crippen molar-refractivity contribution in [3.63, 3.8) is 0 Å². The molecule has 0 amide bonds. The van der Waals surface area contributed by atoms with E-state index >= 15 is 0 Å². The predicted molar refractivity (Wildman–Crippen MR) is 73.1 cm³/mol. The summed E-state index contributed by atoms with van der Waals surface area (Å²) in [4.78, 5) is 4.54. The minimum absolute atomic E-state index is 0.453. The van der Waals surface area contributed by atoms with Gasteiger partial charge in [-0.2, -0.15) is 5.10 Å². The molecule has 0 bridgehead atoms. The highest BCUT2D eigenvalue weighted by atomic mass is 35.5. The molecule has 1 saturated carbocycles. The predicted octanol–water partition coefficient (Wildman–Crippen LogP) is 2.94. The van der Waals surface area contributed by atoms with Crippen LogP contribution >= 0.6 is 11.6 Å². The van der Waals surface area contributed by atoms with E-state index in [-0.39, 0.29) is 0 Å². The van der Waals surface area contributed by atoms with Crippen molar-refractivity contribution >= 4 is 23.1 Å². The molecule has 2 aromatic rings. The number of anilines is 1. The number of rotatable bonds is 3. The molecule has 0 aliphatic heterocycles. The van der Waals surface area contributed by atoms with Gasteiger partial charge in [-0.1, -0.05) is 12.8 Å². The van der Waals surface area contributed by atoms with Crippen molar-refractivity contribution < 1.29 is 0 Å². The monoisotopic (exact) mass is 264 g/mol. The van der Waals surface area contributed by atoms with Gasteiger partial charge in [-0.25, -0.2) is 9.50 Å². The standard InChI is InChI=1S/C13H17ClN4/c14-9-10-3-1-2-4-11(10)16-12-6-8-18-13(17-12)5-7-15-18/h5-8,10-11H,1-4,9H2,(H,16,17). The summed E-state index contributed by atoms with van der Waals surface area (Å²) in [6.07, 6.45) is 8.67. The second-order valence-corrected chi connectivity index (χ2v) is 5.21. The molecule has 4 nitrogen and oxygen atoms in total. The number of fused-ring (bicyclic) bond motifs is 1. The van der Waals surface area contributed by atoms with Crippen molar-refractivity contribution in [3.05, 3.63) is 24.5 Å². The smallest absolute Gasteiger partial charge is 0.157 e. The number of hydrogen-bond acceptors (Lipinski definition) is 3. The molecule has 1 aliphatic carbocycles. The van der Waals surface area contributed by atoms with Gasteiger partial charge >= 0.3 is 0 Å². The number of nitrogens with one attached hydrogen (secondary N) is 1. The fraction of sp³-hybridized carbons (Fsp3) is 0.538. The van der Waals surface area contributed by atoms with Gasteiger partial charge in [0, 0.05) is 24.2 Å². The lowest BCUT2D eigenvalue weighted by molar-refractivity contribution is 0.352. The van der Waals surface area contributed by atoms with E-state index in [1.54, 1.807) is 10.7 Å². The first kappa shape index (κ1) is 11.8. The van der Waals surface area contributed by atoms with E-state index in [0.717, 1.165) is 17.3 Å². The van der Waals surface area contributed by atoms with Crippen LogP contribution in [0.25, 0.3) is 5.65 Å². The van der Waals surface area contributed by atoms with Gasteiger partial charge in [-0.05, 0) is 24.8 Å². The molecular formula is C13H17ClN4. The molecular weight excluding hydrogens is 248 g/mol. The normalized spacial score (nSPS) is 24.3. The van der Waals surface area contributed by atoms with Crippen LogP contribution in [0.5, 0.6) is 0 Å². The molecule has 1 fully saturated rings. The number of aromatic nitrogens is 3. The Bertz CT molecular complexity index is 524. The molecule has 18 heavy (non-hydrogen) atoms. The van der Waals surface area contributed by atoms with Crippen LogP contribution in [0.15, 0.2) is 24.5 Å². The molecule has 0 saturated heterocycles. The Morgan fingerprint density at radius 3 is 3.11 bits per heavy atom. The zero-order chi connectivity index (χ0) is 12.4. The summed E-state index contributed by atoms with van der Waals surface area (Å²) in [7, 11) is 0. The Morgan fingerprint density at radius 2 is 2.22 bits per heavy atom. The fourth-order valence-corrected chi connectivity index (χ4v) is 3.03. The summed E-state index contributed by atoms with van der Waals surface area (Å²) >= 11 is 6.04. The fourth-order valence-electron chi connectivity index (χ4n) is 2.67. The minimum Gasteiger partial charge on any atom is -0.367 e. The molecule has 0 aromatic carbocycles. The highest BCUT2D eigenvalue weighted by molar-refractivity contribution is 6.18. The third kappa shape index (κ3) is 2.29. The van der Waals surface area contributed by atoms with Crippen LogP contribution in [0, 0.1) is 5.92 Å². The van der Waals surface area contributed by atoms with Crippen LogP contribution < -0.4 is 5.32 Å². The van der Waals surface area contributed by atoms with Gasteiger partial charge in [0.25, 0.3) is 0 Å². The summed E-state index contributed by atoms with van der Waals surface area (Å²) < 4.78 is 1.77. The molecule has 2 aromatic heterocycles. The van der Waals surface area contributed by atoms with Crippen molar-refractivity contribution in [2.75, 3.05) is 11.2 Å². The highest BCUT2D eigenvalue weighted by Gasteiger charge is 2.24. The topological polar surface area (TPSA) is 42.2 Å². The third-order valence-corrected chi connectivity index (χ3v) is 4.09. The summed E-state index contributed by atoms with van der Waals surface area (Å²) in [6.45, 7) is 0. The number of nitrogens with zero attached hydrogens (tertiary/aromatic N) is 3. The quantitative estimate of drug-likeness (QED) is 0.867. The second kappa shape index (κ2) is 5.14. The molecule has 1 N–H and O–H groups in total. The largest absolute Gasteiger partial charge is 0.367 e. The van der Waals surface area contributed by atoms with Gasteiger partial charge in [0.2, 0.25) is 0 Å². The lowest BCUT2D eigenvalue weighted by atomic mass is 9.86. The Morgan fingerprint density at radius 1 is 1.33 bits per heavy atom. The lowest BCUT2D eigenvalue weighted by Crippen LogP contribution is -2.33. The molecule has 0 spiro atoms. The Hall–Kier alpha value is -1.29. The van der Waals surface area contributed by atoms with Crippen molar-refractivity contribution in [1.82, 2.24) is 14.6 Å². The summed E-state index contributed by atoms with van der Waals surface area (Å²) in [5, 5.41) is 7.67. The van der Waals surface area contributed by atoms with Crippen molar-refractivity contribution in [2.45, 2.75) is 31.7 Å². The Kier molecular flexibility index (Phi) is 3.37. The average molecular weight is 265 g/mol. The second-order valence-electron chi connectivity index (χ2n) is 4.90. The maximum absolute atomic E-state index is 6.04. The van der Waals surface area contributed by atoms with Crippen molar-refractivity contribution in [3.8, 4) is 0 Å². The number of alkyl halides is 1. The van der Waals surface area contributed by atoms with Gasteiger partial charge in [-0.3, -0.25) is 0 Å². The molecule has 1 aliphatic rings. The van der Waals surface area contributed by atoms with Crippen LogP contribution in [-0.4, -0.2) is 26.5 Å². The Labute approximate surface area is 111 Å². The van der Waals surface area contributed by atoms with Gasteiger partial charge in [0.1, 0.15) is 5.82 Å². The van der Waals surface area contributed by atoms with E-state index in [9.17, 15) is 0 Å². The molecule has 3 rings (SSSR count). The first-order chi connectivity index (χ1) is 8.86. The molecule has 2 heterocycles. The van der Waals surface area contributed by atoms with Gasteiger partial charge in [-0.15, -0.1) is 11.6 Å². The van der Waals surface area contributed by atoms with Gasteiger partial charge in [0.15, 0.2) is 5.65 Å². The SMILES string of the molecule is ClCC1CCCCC1Nc1ccn2nccc2n1. The molecule has 2 atom stereocenters. The molecule has 96 valence electrons. The lowest BCUT2D eigenvalue weighted by Gasteiger charge is -2.31. The van der Waals surface area contributed by atoms with Crippen molar-refractivity contribution in [1.29, 1.82) is 0 Å². The highest BCUT2D eigenvalue weighted by Crippen LogP contribution is 2.27. The van der Waals surface area contributed by atoms with Gasteiger partial charge < -0.3 is 5.32 Å². The Balaban J connectivity index is 1.77. The van der Waals surface area contributed by atoms with E-state index in [2.05, 4.69) is 15.4 Å². The maximum Gasteiger partial charge on any atom is 0.157 e. The van der Waals surface area contributed by atoms with Crippen LogP contribution in [0.4, 0.5) is 5.82 Å². The summed E-state index contributed by atoms with van der Waals surface area (Å²) in [5.74, 6) is 2.21.